The van der Waals surface area contributed by atoms with Gasteiger partial charge in [0.25, 0.3) is 0 Å². The summed E-state index contributed by atoms with van der Waals surface area (Å²) in [5.74, 6) is 0. The predicted octanol–water partition coefficient (Wildman–Crippen LogP) is 2.02. The van der Waals surface area contributed by atoms with Crippen molar-refractivity contribution in [3.8, 4) is 6.07 Å². The van der Waals surface area contributed by atoms with Crippen molar-refractivity contribution in [3.63, 3.8) is 0 Å². The smallest absolute Gasteiger partial charge is 0.389 e. The number of nitrogens with zero attached hydrogens (tertiary/aromatic N) is 2. The van der Waals surface area contributed by atoms with Crippen molar-refractivity contribution in [1.29, 1.82) is 5.26 Å². The lowest BCUT2D eigenvalue weighted by molar-refractivity contribution is -0.137. The molecule has 0 radical (unpaired) electrons. The quantitative estimate of drug-likeness (QED) is 0.900. The van der Waals surface area contributed by atoms with Crippen LogP contribution in [-0.2, 0) is 10.9 Å². The molecule has 1 aromatic rings. The van der Waals surface area contributed by atoms with Crippen LogP contribution in [0.2, 0.25) is 0 Å². The highest BCUT2D eigenvalue weighted by Gasteiger charge is 2.31. The van der Waals surface area contributed by atoms with E-state index in [1.54, 1.807) is 13.1 Å². The first-order chi connectivity index (χ1) is 9.29. The SMILES string of the molecule is COCC(O)CN(C)c1ccc(C(F)(F)F)cc1C#N. The lowest BCUT2D eigenvalue weighted by Gasteiger charge is -2.23. The zero-order chi connectivity index (χ0) is 15.3. The lowest BCUT2D eigenvalue weighted by atomic mass is 10.1. The van der Waals surface area contributed by atoms with Crippen molar-refractivity contribution in [1.82, 2.24) is 0 Å². The first-order valence-electron chi connectivity index (χ1n) is 5.79. The molecule has 1 N–H and O–H groups in total. The van der Waals surface area contributed by atoms with E-state index in [2.05, 4.69) is 0 Å². The molecular weight excluding hydrogens is 273 g/mol. The highest BCUT2D eigenvalue weighted by molar-refractivity contribution is 5.60. The first kappa shape index (κ1) is 16.3. The number of aliphatic hydroxyl groups excluding tert-OH is 1. The van der Waals surface area contributed by atoms with E-state index < -0.39 is 17.8 Å². The minimum atomic E-state index is -4.49. The maximum Gasteiger partial charge on any atom is 0.416 e. The Bertz CT molecular complexity index is 497. The van der Waals surface area contributed by atoms with Gasteiger partial charge in [-0.2, -0.15) is 18.4 Å². The Morgan fingerprint density at radius 1 is 1.45 bits per heavy atom. The molecule has 1 atom stereocenters. The van der Waals surface area contributed by atoms with Crippen LogP contribution in [0.1, 0.15) is 11.1 Å². The van der Waals surface area contributed by atoms with Crippen LogP contribution in [0.25, 0.3) is 0 Å². The Kier molecular flexibility index (Phi) is 5.36. The number of likely N-dealkylation sites (N-methyl/N-ethyl adjacent to an activating group) is 1. The van der Waals surface area contributed by atoms with E-state index in [-0.39, 0.29) is 18.7 Å². The molecule has 110 valence electrons. The number of hydrogen-bond acceptors (Lipinski definition) is 4. The Morgan fingerprint density at radius 2 is 2.10 bits per heavy atom. The van der Waals surface area contributed by atoms with Crippen molar-refractivity contribution in [3.05, 3.63) is 29.3 Å². The second-order valence-electron chi connectivity index (χ2n) is 4.33. The highest BCUT2D eigenvalue weighted by Crippen LogP contribution is 2.32. The summed E-state index contributed by atoms with van der Waals surface area (Å²) in [6, 6.07) is 4.67. The van der Waals surface area contributed by atoms with Gasteiger partial charge in [-0.25, -0.2) is 0 Å². The Balaban J connectivity index is 2.99. The largest absolute Gasteiger partial charge is 0.416 e. The Hall–Kier alpha value is -1.78. The third-order valence-electron chi connectivity index (χ3n) is 2.70. The molecule has 1 rings (SSSR count). The molecule has 0 aromatic heterocycles. The molecule has 1 aromatic carbocycles. The fourth-order valence-corrected chi connectivity index (χ4v) is 1.79. The summed E-state index contributed by atoms with van der Waals surface area (Å²) < 4.78 is 42.5. The van der Waals surface area contributed by atoms with E-state index in [1.807, 2.05) is 0 Å². The molecular formula is C13H15F3N2O2. The first-order valence-corrected chi connectivity index (χ1v) is 5.79. The third-order valence-corrected chi connectivity index (χ3v) is 2.70. The lowest BCUT2D eigenvalue weighted by Crippen LogP contribution is -2.32. The van der Waals surface area contributed by atoms with Gasteiger partial charge in [-0.1, -0.05) is 0 Å². The van der Waals surface area contributed by atoms with Crippen LogP contribution in [0.15, 0.2) is 18.2 Å². The van der Waals surface area contributed by atoms with Crippen LogP contribution in [0.5, 0.6) is 0 Å². The van der Waals surface area contributed by atoms with Crippen molar-refractivity contribution < 1.29 is 23.0 Å². The summed E-state index contributed by atoms with van der Waals surface area (Å²) in [4.78, 5) is 1.52. The van der Waals surface area contributed by atoms with Crippen molar-refractivity contribution in [2.24, 2.45) is 0 Å². The van der Waals surface area contributed by atoms with E-state index in [0.717, 1.165) is 12.1 Å². The van der Waals surface area contributed by atoms with Crippen LogP contribution in [0.4, 0.5) is 18.9 Å². The van der Waals surface area contributed by atoms with Gasteiger partial charge in [0.15, 0.2) is 0 Å². The van der Waals surface area contributed by atoms with Gasteiger partial charge < -0.3 is 14.7 Å². The Morgan fingerprint density at radius 3 is 2.60 bits per heavy atom. The summed E-state index contributed by atoms with van der Waals surface area (Å²) in [5, 5.41) is 18.6. The van der Waals surface area contributed by atoms with Crippen molar-refractivity contribution in [2.45, 2.75) is 12.3 Å². The van der Waals surface area contributed by atoms with Crippen molar-refractivity contribution >= 4 is 5.69 Å². The van der Waals surface area contributed by atoms with Crippen molar-refractivity contribution in [2.75, 3.05) is 32.2 Å². The number of halogens is 3. The van der Waals surface area contributed by atoms with Crippen LogP contribution in [0.3, 0.4) is 0 Å². The number of ether oxygens (including phenoxy) is 1. The van der Waals surface area contributed by atoms with E-state index in [1.165, 1.54) is 18.1 Å². The number of nitriles is 1. The Labute approximate surface area is 115 Å². The normalized spacial score (nSPS) is 12.8. The topological polar surface area (TPSA) is 56.5 Å². The van der Waals surface area contributed by atoms with E-state index in [4.69, 9.17) is 10.00 Å². The molecule has 0 fully saturated rings. The maximum atomic E-state index is 12.6. The fourth-order valence-electron chi connectivity index (χ4n) is 1.79. The summed E-state index contributed by atoms with van der Waals surface area (Å²) in [5.41, 5.74) is -0.633. The molecule has 7 heteroatoms. The van der Waals surface area contributed by atoms with Gasteiger partial charge in [0, 0.05) is 20.7 Å². The summed E-state index contributed by atoms with van der Waals surface area (Å²) >= 11 is 0. The highest BCUT2D eigenvalue weighted by atomic mass is 19.4. The zero-order valence-electron chi connectivity index (χ0n) is 11.1. The molecule has 20 heavy (non-hydrogen) atoms. The average Bonchev–Trinajstić information content (AvgIpc) is 2.37. The number of aliphatic hydroxyl groups is 1. The fraction of sp³-hybridized carbons (Fsp3) is 0.462. The minimum Gasteiger partial charge on any atom is -0.389 e. The van der Waals surface area contributed by atoms with Crippen LogP contribution >= 0.6 is 0 Å². The molecule has 0 aliphatic heterocycles. The maximum absolute atomic E-state index is 12.6. The summed E-state index contributed by atoms with van der Waals surface area (Å²) in [7, 11) is 3.02. The molecule has 0 heterocycles. The summed E-state index contributed by atoms with van der Waals surface area (Å²) in [6.45, 7) is 0.251. The molecule has 0 amide bonds. The van der Waals surface area contributed by atoms with E-state index in [0.29, 0.717) is 5.69 Å². The third kappa shape index (κ3) is 4.11. The van der Waals surface area contributed by atoms with Crippen LogP contribution < -0.4 is 4.90 Å². The van der Waals surface area contributed by atoms with Gasteiger partial charge in [0.2, 0.25) is 0 Å². The standard InChI is InChI=1S/C13H15F3N2O2/c1-18(7-11(19)8-20-2)12-4-3-10(13(14,15)16)5-9(12)6-17/h3-5,11,19H,7-8H2,1-2H3. The second kappa shape index (κ2) is 6.59. The summed E-state index contributed by atoms with van der Waals surface area (Å²) in [6.07, 6.45) is -5.28. The zero-order valence-corrected chi connectivity index (χ0v) is 11.1. The molecule has 1 unspecified atom stereocenters. The van der Waals surface area contributed by atoms with Crippen LogP contribution in [-0.4, -0.2) is 38.5 Å². The number of benzene rings is 1. The molecule has 0 aliphatic rings. The molecule has 0 saturated heterocycles. The molecule has 0 bridgehead atoms. The van der Waals surface area contributed by atoms with Gasteiger partial charge in [-0.05, 0) is 18.2 Å². The molecule has 0 aliphatic carbocycles. The minimum absolute atomic E-state index is 0.0908. The number of alkyl halides is 3. The number of hydrogen-bond donors (Lipinski definition) is 1. The van der Waals surface area contributed by atoms with Gasteiger partial charge >= 0.3 is 6.18 Å². The number of anilines is 1. The van der Waals surface area contributed by atoms with Gasteiger partial charge in [-0.3, -0.25) is 0 Å². The van der Waals surface area contributed by atoms with Gasteiger partial charge in [0.05, 0.1) is 29.5 Å². The van der Waals surface area contributed by atoms with Crippen LogP contribution in [0, 0.1) is 11.3 Å². The van der Waals surface area contributed by atoms with E-state index in [9.17, 15) is 18.3 Å². The van der Waals surface area contributed by atoms with E-state index >= 15 is 0 Å². The van der Waals surface area contributed by atoms with Gasteiger partial charge in [-0.15, -0.1) is 0 Å². The predicted molar refractivity (Wildman–Crippen MR) is 67.3 cm³/mol. The monoisotopic (exact) mass is 288 g/mol. The second-order valence-corrected chi connectivity index (χ2v) is 4.33. The van der Waals surface area contributed by atoms with Gasteiger partial charge in [0.1, 0.15) is 6.07 Å². The number of rotatable bonds is 5. The molecule has 0 spiro atoms. The number of methoxy groups -OCH3 is 1. The molecule has 4 nitrogen and oxygen atoms in total. The molecule has 0 saturated carbocycles. The average molecular weight is 288 g/mol.